The third-order valence-corrected chi connectivity index (χ3v) is 14.4. The summed E-state index contributed by atoms with van der Waals surface area (Å²) >= 11 is 0.208. The zero-order valence-electron chi connectivity index (χ0n) is 29.6. The molecule has 11 rings (SSSR count). The second-order valence-corrected chi connectivity index (χ2v) is 17.2. The molecule has 0 spiro atoms. The quantitative estimate of drug-likeness (QED) is 0.124. The maximum absolute atomic E-state index is 2.53. The van der Waals surface area contributed by atoms with E-state index in [2.05, 4.69) is 164 Å². The van der Waals surface area contributed by atoms with Gasteiger partial charge >= 0.3 is 318 Å². The van der Waals surface area contributed by atoms with Gasteiger partial charge in [0.1, 0.15) is 0 Å². The summed E-state index contributed by atoms with van der Waals surface area (Å²) in [6.07, 6.45) is 6.64. The van der Waals surface area contributed by atoms with Crippen LogP contribution in [0.1, 0.15) is 43.6 Å². The number of hydrogen-bond donors (Lipinski definition) is 0. The fourth-order valence-corrected chi connectivity index (χ4v) is 12.3. The van der Waals surface area contributed by atoms with Crippen molar-refractivity contribution in [3.63, 3.8) is 0 Å². The van der Waals surface area contributed by atoms with E-state index in [1.54, 1.807) is 5.56 Å². The van der Waals surface area contributed by atoms with E-state index in [0.717, 1.165) is 0 Å². The Morgan fingerprint density at radius 3 is 1.45 bits per heavy atom. The maximum atomic E-state index is 2.53. The fraction of sp³-hybridized carbons (Fsp3) is 0.115. The molecule has 10 aromatic rings. The average Bonchev–Trinajstić information content (AvgIpc) is 3.61. The summed E-state index contributed by atoms with van der Waals surface area (Å²) in [4.78, 5) is 0. The van der Waals surface area contributed by atoms with Gasteiger partial charge in [-0.2, -0.15) is 0 Å². The summed E-state index contributed by atoms with van der Waals surface area (Å²) < 4.78 is 2.96. The minimum absolute atomic E-state index is 0.208. The van der Waals surface area contributed by atoms with Crippen LogP contribution < -0.4 is 0 Å². The molecule has 0 bridgehead atoms. The van der Waals surface area contributed by atoms with Crippen LogP contribution in [0.5, 0.6) is 0 Å². The van der Waals surface area contributed by atoms with Gasteiger partial charge in [0.05, 0.1) is 0 Å². The van der Waals surface area contributed by atoms with Crippen LogP contribution in [0, 0.1) is 0 Å². The zero-order valence-corrected chi connectivity index (χ0v) is 31.3. The van der Waals surface area contributed by atoms with Crippen molar-refractivity contribution in [1.29, 1.82) is 0 Å². The zero-order chi connectivity index (χ0) is 34.9. The van der Waals surface area contributed by atoms with Crippen molar-refractivity contribution in [1.82, 2.24) is 0 Å². The van der Waals surface area contributed by atoms with Crippen molar-refractivity contribution in [2.24, 2.45) is 0 Å². The molecule has 0 atom stereocenters. The number of fused-ring (bicyclic) bond motifs is 7. The summed E-state index contributed by atoms with van der Waals surface area (Å²) in [5.41, 5.74) is 9.57. The molecule has 1 aliphatic carbocycles. The van der Waals surface area contributed by atoms with Crippen molar-refractivity contribution in [3.8, 4) is 33.4 Å². The Balaban J connectivity index is 1.16. The molecule has 0 radical (unpaired) electrons. The van der Waals surface area contributed by atoms with Gasteiger partial charge in [-0.25, -0.2) is 0 Å². The van der Waals surface area contributed by atoms with Crippen LogP contribution >= 0.6 is 0 Å². The summed E-state index contributed by atoms with van der Waals surface area (Å²) in [6, 6.07) is 62.0. The van der Waals surface area contributed by atoms with Crippen LogP contribution in [-0.2, 0) is 0 Å². The first-order valence-electron chi connectivity index (χ1n) is 19.2. The van der Waals surface area contributed by atoms with Crippen LogP contribution in [0.4, 0.5) is 0 Å². The van der Waals surface area contributed by atoms with Crippen molar-refractivity contribution in [3.05, 3.63) is 169 Å². The summed E-state index contributed by atoms with van der Waals surface area (Å²) in [6.45, 7) is 0. The van der Waals surface area contributed by atoms with Gasteiger partial charge in [0.2, 0.25) is 0 Å². The van der Waals surface area contributed by atoms with Gasteiger partial charge in [-0.15, -0.1) is 0 Å². The molecule has 1 saturated carbocycles. The van der Waals surface area contributed by atoms with E-state index in [-0.39, 0.29) is 14.5 Å². The molecule has 0 amide bonds. The van der Waals surface area contributed by atoms with Crippen molar-refractivity contribution < 1.29 is 0 Å². The first kappa shape index (κ1) is 31.1. The first-order chi connectivity index (χ1) is 26.3. The van der Waals surface area contributed by atoms with Gasteiger partial charge in [-0.3, -0.25) is 0 Å². The van der Waals surface area contributed by atoms with Crippen LogP contribution in [0.15, 0.2) is 164 Å². The minimum atomic E-state index is 0.208. The molecule has 1 heterocycles. The molecule has 1 heteroatoms. The van der Waals surface area contributed by atoms with Crippen molar-refractivity contribution >= 4 is 76.9 Å². The van der Waals surface area contributed by atoms with Gasteiger partial charge in [0, 0.05) is 0 Å². The van der Waals surface area contributed by atoms with Gasteiger partial charge in [0.25, 0.3) is 0 Å². The molecule has 0 N–H and O–H groups in total. The fourth-order valence-electron chi connectivity index (χ4n) is 9.83. The molecule has 252 valence electrons. The van der Waals surface area contributed by atoms with E-state index >= 15 is 0 Å². The van der Waals surface area contributed by atoms with Crippen LogP contribution in [0.3, 0.4) is 0 Å². The third-order valence-electron chi connectivity index (χ3n) is 12.0. The van der Waals surface area contributed by atoms with Crippen LogP contribution in [-0.4, -0.2) is 14.5 Å². The summed E-state index contributed by atoms with van der Waals surface area (Å²) in [7, 11) is 0. The monoisotopic (exact) mass is 742 g/mol. The van der Waals surface area contributed by atoms with Gasteiger partial charge < -0.3 is 0 Å². The van der Waals surface area contributed by atoms with Crippen molar-refractivity contribution in [2.45, 2.75) is 38.0 Å². The topological polar surface area (TPSA) is 0 Å². The molecular weight excluding hydrogens is 704 g/mol. The molecule has 9 aromatic carbocycles. The van der Waals surface area contributed by atoms with E-state index in [0.29, 0.717) is 5.92 Å². The number of benzene rings is 9. The van der Waals surface area contributed by atoms with Gasteiger partial charge in [-0.1, -0.05) is 0 Å². The SMILES string of the molecule is c1ccc(-c2c3ccccc3c(-c3ccc4c(c3)[se]c3cccc(-c5c6ccccc6c(C6CCCCC6)c6ccccc56)c34)c3ccccc23)cc1. The second kappa shape index (κ2) is 12.6. The molecule has 1 aliphatic rings. The van der Waals surface area contributed by atoms with Gasteiger partial charge in [0.15, 0.2) is 0 Å². The first-order valence-corrected chi connectivity index (χ1v) is 20.9. The third kappa shape index (κ3) is 4.88. The molecule has 0 nitrogen and oxygen atoms in total. The Labute approximate surface area is 316 Å². The Hall–Kier alpha value is -5.46. The normalized spacial score (nSPS) is 14.0. The average molecular weight is 742 g/mol. The molecule has 1 fully saturated rings. The molecule has 0 aliphatic heterocycles. The molecule has 0 saturated heterocycles. The Bertz CT molecular complexity index is 2920. The molecule has 53 heavy (non-hydrogen) atoms. The van der Waals surface area contributed by atoms with Crippen LogP contribution in [0.25, 0.3) is 95.8 Å². The second-order valence-electron chi connectivity index (χ2n) is 14.9. The van der Waals surface area contributed by atoms with Crippen molar-refractivity contribution in [2.75, 3.05) is 0 Å². The van der Waals surface area contributed by atoms with E-state index in [9.17, 15) is 0 Å². The Kier molecular flexibility index (Phi) is 7.39. The van der Waals surface area contributed by atoms with Gasteiger partial charge in [-0.05, 0) is 0 Å². The van der Waals surface area contributed by atoms with E-state index in [4.69, 9.17) is 0 Å². The summed E-state index contributed by atoms with van der Waals surface area (Å²) in [5, 5.41) is 13.8. The van der Waals surface area contributed by atoms with Crippen LogP contribution in [0.2, 0.25) is 0 Å². The molecule has 0 unspecified atom stereocenters. The summed E-state index contributed by atoms with van der Waals surface area (Å²) in [5.74, 6) is 0.630. The Morgan fingerprint density at radius 1 is 0.358 bits per heavy atom. The standard InChI is InChI=1S/C52H38Se/c1-3-16-33(17-4-1)48-36-20-7-9-22-38(36)50(39-23-10-8-21-37(39)48)35-30-31-44-47(32-35)53-46-29-15-28-45(52(44)46)51-42-26-13-11-24-40(42)49(34-18-5-2-6-19-34)41-25-12-14-27-43(41)51/h1,3-4,7-17,20-32,34H,2,5-6,18-19H2. The number of hydrogen-bond acceptors (Lipinski definition) is 0. The number of rotatable bonds is 4. The van der Waals surface area contributed by atoms with E-state index < -0.39 is 0 Å². The molecular formula is C52H38Se. The van der Waals surface area contributed by atoms with E-state index in [1.165, 1.54) is 128 Å². The predicted molar refractivity (Wildman–Crippen MR) is 231 cm³/mol. The Morgan fingerprint density at radius 2 is 0.868 bits per heavy atom. The predicted octanol–water partition coefficient (Wildman–Crippen LogP) is 14.7. The van der Waals surface area contributed by atoms with E-state index in [1.807, 2.05) is 0 Å². The molecule has 1 aromatic heterocycles.